The van der Waals surface area contributed by atoms with E-state index in [4.69, 9.17) is 4.52 Å². The molecule has 1 amide bonds. The Kier molecular flexibility index (Phi) is 5.53. The Morgan fingerprint density at radius 1 is 1.26 bits per heavy atom. The first-order chi connectivity index (χ1) is 13.2. The molecule has 27 heavy (non-hydrogen) atoms. The molecule has 2 aliphatic rings. The number of aromatic nitrogens is 2. The van der Waals surface area contributed by atoms with Crippen molar-refractivity contribution < 1.29 is 9.32 Å². The second kappa shape index (κ2) is 8.21. The smallest absolute Gasteiger partial charge is 0.253 e. The van der Waals surface area contributed by atoms with Gasteiger partial charge in [0.2, 0.25) is 5.89 Å². The van der Waals surface area contributed by atoms with Crippen LogP contribution in [0.1, 0.15) is 59.2 Å². The molecule has 1 N–H and O–H groups in total. The van der Waals surface area contributed by atoms with Crippen molar-refractivity contribution in [1.82, 2.24) is 20.4 Å². The lowest BCUT2D eigenvalue weighted by molar-refractivity contribution is 0.0795. The first-order valence-electron chi connectivity index (χ1n) is 10.1. The van der Waals surface area contributed by atoms with Gasteiger partial charge in [0.1, 0.15) is 0 Å². The Hall–Kier alpha value is -2.21. The Morgan fingerprint density at radius 3 is 2.85 bits per heavy atom. The number of benzene rings is 1. The third-order valence-electron chi connectivity index (χ3n) is 5.58. The minimum atomic E-state index is 0.0491. The summed E-state index contributed by atoms with van der Waals surface area (Å²) in [6.45, 7) is 2.79. The molecule has 144 valence electrons. The Morgan fingerprint density at radius 2 is 2.07 bits per heavy atom. The maximum Gasteiger partial charge on any atom is 0.253 e. The van der Waals surface area contributed by atoms with E-state index in [9.17, 15) is 4.79 Å². The van der Waals surface area contributed by atoms with Crippen molar-refractivity contribution in [3.8, 4) is 0 Å². The minimum Gasteiger partial charge on any atom is -0.341 e. The fourth-order valence-electron chi connectivity index (χ4n) is 3.71. The summed E-state index contributed by atoms with van der Waals surface area (Å²) >= 11 is 0. The summed E-state index contributed by atoms with van der Waals surface area (Å²) in [6.07, 6.45) is 6.39. The standard InChI is InChI=1S/C21H28N4O2/c1-25(12-9-19-23-20(27-24-19)17-5-6-17)21(26)18-4-2-3-16(14-18)13-15-7-10-22-11-8-15/h2-4,14-15,17,22H,5-13H2,1H3. The largest absolute Gasteiger partial charge is 0.341 e. The number of carbonyl (C=O) groups excluding carboxylic acids is 1. The van der Waals surface area contributed by atoms with Crippen molar-refractivity contribution in [3.05, 3.63) is 47.1 Å². The molecule has 0 radical (unpaired) electrons. The number of amides is 1. The van der Waals surface area contributed by atoms with Gasteiger partial charge in [-0.2, -0.15) is 4.98 Å². The summed E-state index contributed by atoms with van der Waals surface area (Å²) in [7, 11) is 1.84. The van der Waals surface area contributed by atoms with Crippen LogP contribution in [0.25, 0.3) is 0 Å². The molecule has 4 rings (SSSR count). The van der Waals surface area contributed by atoms with Crippen molar-refractivity contribution >= 4 is 5.91 Å². The van der Waals surface area contributed by atoms with Gasteiger partial charge in [-0.15, -0.1) is 0 Å². The van der Waals surface area contributed by atoms with E-state index in [0.29, 0.717) is 30.6 Å². The number of hydrogen-bond acceptors (Lipinski definition) is 5. The summed E-state index contributed by atoms with van der Waals surface area (Å²) in [5.41, 5.74) is 2.02. The van der Waals surface area contributed by atoms with Crippen molar-refractivity contribution in [2.75, 3.05) is 26.7 Å². The zero-order chi connectivity index (χ0) is 18.6. The maximum atomic E-state index is 12.8. The first kappa shape index (κ1) is 18.2. The highest BCUT2D eigenvalue weighted by Crippen LogP contribution is 2.38. The molecule has 6 heteroatoms. The highest BCUT2D eigenvalue weighted by atomic mass is 16.5. The number of likely N-dealkylation sites (N-methyl/N-ethyl adjacent to an activating group) is 1. The second-order valence-corrected chi connectivity index (χ2v) is 7.90. The molecule has 1 aromatic carbocycles. The number of nitrogens with zero attached hydrogens (tertiary/aromatic N) is 3. The van der Waals surface area contributed by atoms with Crippen molar-refractivity contribution in [1.29, 1.82) is 0 Å². The minimum absolute atomic E-state index is 0.0491. The van der Waals surface area contributed by atoms with Gasteiger partial charge >= 0.3 is 0 Å². The predicted octanol–water partition coefficient (Wildman–Crippen LogP) is 2.80. The lowest BCUT2D eigenvalue weighted by Crippen LogP contribution is -2.29. The van der Waals surface area contributed by atoms with Crippen molar-refractivity contribution in [2.24, 2.45) is 5.92 Å². The van der Waals surface area contributed by atoms with E-state index < -0.39 is 0 Å². The van der Waals surface area contributed by atoms with Crippen LogP contribution >= 0.6 is 0 Å². The van der Waals surface area contributed by atoms with Gasteiger partial charge in [0, 0.05) is 31.5 Å². The Bertz CT molecular complexity index is 778. The van der Waals surface area contributed by atoms with Gasteiger partial charge in [0.05, 0.1) is 0 Å². The molecule has 1 saturated carbocycles. The molecule has 1 aliphatic carbocycles. The Balaban J connectivity index is 1.32. The van der Waals surface area contributed by atoms with Crippen LogP contribution in [0.2, 0.25) is 0 Å². The van der Waals surface area contributed by atoms with Gasteiger partial charge in [0.15, 0.2) is 5.82 Å². The van der Waals surface area contributed by atoms with E-state index in [1.165, 1.54) is 18.4 Å². The van der Waals surface area contributed by atoms with Crippen LogP contribution in [0.5, 0.6) is 0 Å². The average Bonchev–Trinajstić information content (AvgIpc) is 3.44. The Labute approximate surface area is 160 Å². The number of rotatable bonds is 7. The van der Waals surface area contributed by atoms with Crippen LogP contribution < -0.4 is 5.32 Å². The molecule has 0 atom stereocenters. The van der Waals surface area contributed by atoms with Crippen molar-refractivity contribution in [2.45, 2.75) is 44.4 Å². The van der Waals surface area contributed by atoms with Crippen LogP contribution in [0.3, 0.4) is 0 Å². The van der Waals surface area contributed by atoms with E-state index in [1.54, 1.807) is 4.90 Å². The first-order valence-corrected chi connectivity index (χ1v) is 10.1. The molecule has 2 aromatic rings. The quantitative estimate of drug-likeness (QED) is 0.814. The summed E-state index contributed by atoms with van der Waals surface area (Å²) < 4.78 is 5.28. The molecule has 2 heterocycles. The zero-order valence-corrected chi connectivity index (χ0v) is 16.0. The SMILES string of the molecule is CN(CCc1noc(C2CC2)n1)C(=O)c1cccc(CC2CCNCC2)c1. The highest BCUT2D eigenvalue weighted by molar-refractivity contribution is 5.94. The summed E-state index contributed by atoms with van der Waals surface area (Å²) in [6, 6.07) is 8.10. The van der Waals surface area contributed by atoms with E-state index in [2.05, 4.69) is 27.6 Å². The summed E-state index contributed by atoms with van der Waals surface area (Å²) in [5, 5.41) is 7.44. The van der Waals surface area contributed by atoms with Crippen LogP contribution in [0, 0.1) is 5.92 Å². The van der Waals surface area contributed by atoms with E-state index >= 15 is 0 Å². The molecular weight excluding hydrogens is 340 g/mol. The third-order valence-corrected chi connectivity index (χ3v) is 5.58. The van der Waals surface area contributed by atoms with Gasteiger partial charge in [-0.1, -0.05) is 17.3 Å². The van der Waals surface area contributed by atoms with Crippen LogP contribution in [-0.2, 0) is 12.8 Å². The topological polar surface area (TPSA) is 71.3 Å². The van der Waals surface area contributed by atoms with E-state index in [-0.39, 0.29) is 5.91 Å². The predicted molar refractivity (Wildman–Crippen MR) is 103 cm³/mol. The van der Waals surface area contributed by atoms with Crippen LogP contribution in [0.4, 0.5) is 0 Å². The molecule has 0 bridgehead atoms. The zero-order valence-electron chi connectivity index (χ0n) is 16.0. The number of carbonyl (C=O) groups is 1. The summed E-state index contributed by atoms with van der Waals surface area (Å²) in [5.74, 6) is 2.68. The molecule has 1 saturated heterocycles. The summed E-state index contributed by atoms with van der Waals surface area (Å²) in [4.78, 5) is 19.0. The lowest BCUT2D eigenvalue weighted by Gasteiger charge is -2.23. The van der Waals surface area contributed by atoms with E-state index in [1.807, 2.05) is 19.2 Å². The van der Waals surface area contributed by atoms with Gasteiger partial charge in [0.25, 0.3) is 5.91 Å². The fourth-order valence-corrected chi connectivity index (χ4v) is 3.71. The molecule has 2 fully saturated rings. The molecular formula is C21H28N4O2. The van der Waals surface area contributed by atoms with Gasteiger partial charge in [-0.3, -0.25) is 4.79 Å². The molecule has 0 unspecified atom stereocenters. The molecule has 1 aromatic heterocycles. The van der Waals surface area contributed by atoms with E-state index in [0.717, 1.165) is 43.8 Å². The third kappa shape index (κ3) is 4.75. The highest BCUT2D eigenvalue weighted by Gasteiger charge is 2.29. The lowest BCUT2D eigenvalue weighted by atomic mass is 9.90. The second-order valence-electron chi connectivity index (χ2n) is 7.90. The fraction of sp³-hybridized carbons (Fsp3) is 0.571. The molecule has 6 nitrogen and oxygen atoms in total. The number of piperidine rings is 1. The number of hydrogen-bond donors (Lipinski definition) is 1. The van der Waals surface area contributed by atoms with Crippen LogP contribution in [0.15, 0.2) is 28.8 Å². The van der Waals surface area contributed by atoms with Gasteiger partial charge in [-0.25, -0.2) is 0 Å². The average molecular weight is 368 g/mol. The molecule has 1 aliphatic heterocycles. The van der Waals surface area contributed by atoms with Gasteiger partial charge in [-0.05, 0) is 68.8 Å². The van der Waals surface area contributed by atoms with Crippen LogP contribution in [-0.4, -0.2) is 47.6 Å². The maximum absolute atomic E-state index is 12.8. The monoisotopic (exact) mass is 368 g/mol. The normalized spacial score (nSPS) is 17.8. The van der Waals surface area contributed by atoms with Gasteiger partial charge < -0.3 is 14.7 Å². The number of nitrogens with one attached hydrogen (secondary N) is 1. The van der Waals surface area contributed by atoms with Crippen molar-refractivity contribution in [3.63, 3.8) is 0 Å². The molecule has 0 spiro atoms.